The van der Waals surface area contributed by atoms with E-state index in [0.717, 1.165) is 24.0 Å². The van der Waals surface area contributed by atoms with Crippen LogP contribution in [0.1, 0.15) is 59.0 Å². The van der Waals surface area contributed by atoms with Gasteiger partial charge in [-0.05, 0) is 44.5 Å². The molecule has 0 saturated heterocycles. The van der Waals surface area contributed by atoms with E-state index < -0.39 is 34.6 Å². The maximum Gasteiger partial charge on any atom is 0.418 e. The third kappa shape index (κ3) is 8.44. The van der Waals surface area contributed by atoms with Crippen LogP contribution in [-0.2, 0) is 11.0 Å². The molecule has 14 heteroatoms. The first-order valence-electron chi connectivity index (χ1n) is 11.7. The van der Waals surface area contributed by atoms with E-state index in [1.54, 1.807) is 44.5 Å². The van der Waals surface area contributed by atoms with E-state index >= 15 is 0 Å². The molecule has 0 spiro atoms. The monoisotopic (exact) mass is 610 g/mol. The second-order valence-electron chi connectivity index (χ2n) is 8.26. The first-order chi connectivity index (χ1) is 18.9. The Labute approximate surface area is 242 Å². The summed E-state index contributed by atoms with van der Waals surface area (Å²) < 4.78 is 39.3. The number of thiazole rings is 1. The fourth-order valence-corrected chi connectivity index (χ4v) is 4.24. The highest BCUT2D eigenvalue weighted by atomic mass is 35.5. The summed E-state index contributed by atoms with van der Waals surface area (Å²) in [7, 11) is 0. The lowest BCUT2D eigenvalue weighted by atomic mass is 10.1. The van der Waals surface area contributed by atoms with Crippen LogP contribution in [0.4, 0.5) is 19.0 Å². The number of hydrogen-bond acceptors (Lipinski definition) is 7. The van der Waals surface area contributed by atoms with Gasteiger partial charge in [0.15, 0.2) is 0 Å². The third-order valence-electron chi connectivity index (χ3n) is 5.16. The number of rotatable bonds is 9. The normalized spacial score (nSPS) is 13.4. The van der Waals surface area contributed by atoms with Crippen molar-refractivity contribution in [3.05, 3.63) is 91.9 Å². The largest absolute Gasteiger partial charge is 0.418 e. The van der Waals surface area contributed by atoms with Gasteiger partial charge in [-0.1, -0.05) is 36.2 Å². The van der Waals surface area contributed by atoms with Gasteiger partial charge >= 0.3 is 6.18 Å². The van der Waals surface area contributed by atoms with E-state index in [9.17, 15) is 22.8 Å². The van der Waals surface area contributed by atoms with Gasteiger partial charge in [0.1, 0.15) is 20.9 Å². The lowest BCUT2D eigenvalue weighted by molar-refractivity contribution is -0.137. The zero-order valence-electron chi connectivity index (χ0n) is 21.4. The van der Waals surface area contributed by atoms with E-state index in [1.807, 2.05) is 13.0 Å². The zero-order valence-corrected chi connectivity index (χ0v) is 23.7. The number of aliphatic imine (C=N–C) groups is 1. The van der Waals surface area contributed by atoms with Crippen LogP contribution in [0.2, 0.25) is 10.2 Å². The number of hydrogen-bond donors (Lipinski definition) is 2. The van der Waals surface area contributed by atoms with Crippen molar-refractivity contribution >= 4 is 57.9 Å². The Kier molecular flexibility index (Phi) is 10.5. The molecule has 3 heterocycles. The number of carbonyl (C=O) groups excluding carboxylic acids is 2. The first-order valence-corrected chi connectivity index (χ1v) is 13.3. The number of halogens is 5. The molecule has 0 aliphatic carbocycles. The summed E-state index contributed by atoms with van der Waals surface area (Å²) in [4.78, 5) is 42.0. The number of pyridine rings is 2. The van der Waals surface area contributed by atoms with E-state index in [1.165, 1.54) is 6.20 Å². The van der Waals surface area contributed by atoms with Crippen LogP contribution in [0, 0.1) is 0 Å². The van der Waals surface area contributed by atoms with Crippen molar-refractivity contribution < 1.29 is 22.8 Å². The van der Waals surface area contributed by atoms with Gasteiger partial charge in [-0.15, -0.1) is 11.3 Å². The topological polar surface area (TPSA) is 109 Å². The molecule has 2 N–H and O–H groups in total. The predicted molar refractivity (Wildman–Crippen MR) is 150 cm³/mol. The number of carbonyl (C=O) groups is 2. The highest BCUT2D eigenvalue weighted by Crippen LogP contribution is 2.35. The fourth-order valence-electron chi connectivity index (χ4n) is 3.10. The number of nitrogens with one attached hydrogen (secondary N) is 2. The van der Waals surface area contributed by atoms with Crippen LogP contribution < -0.4 is 10.6 Å². The van der Waals surface area contributed by atoms with Gasteiger partial charge in [0.25, 0.3) is 5.91 Å². The summed E-state index contributed by atoms with van der Waals surface area (Å²) in [5.41, 5.74) is 0.408. The van der Waals surface area contributed by atoms with E-state index in [2.05, 4.69) is 30.6 Å². The zero-order chi connectivity index (χ0) is 29.4. The molecule has 1 atom stereocenters. The van der Waals surface area contributed by atoms with E-state index in [-0.39, 0.29) is 10.7 Å². The molecule has 0 bridgehead atoms. The Bertz CT molecular complexity index is 1470. The summed E-state index contributed by atoms with van der Waals surface area (Å²) >= 11 is 12.4. The van der Waals surface area contributed by atoms with Crippen molar-refractivity contribution in [1.82, 2.24) is 20.3 Å². The molecule has 3 rings (SSSR count). The second-order valence-corrected chi connectivity index (χ2v) is 10.1. The van der Waals surface area contributed by atoms with Gasteiger partial charge in [-0.3, -0.25) is 14.6 Å². The average Bonchev–Trinajstić information content (AvgIpc) is 3.40. The van der Waals surface area contributed by atoms with Crippen LogP contribution >= 0.6 is 34.5 Å². The molecule has 2 amide bonds. The van der Waals surface area contributed by atoms with Crippen LogP contribution in [0.25, 0.3) is 0 Å². The van der Waals surface area contributed by atoms with Crippen LogP contribution in [0.3, 0.4) is 0 Å². The van der Waals surface area contributed by atoms with E-state index in [0.29, 0.717) is 33.1 Å². The third-order valence-corrected chi connectivity index (χ3v) is 6.86. The Balaban J connectivity index is 1.71. The smallest absolute Gasteiger partial charge is 0.343 e. The Morgan fingerprint density at radius 3 is 2.55 bits per heavy atom. The van der Waals surface area contributed by atoms with Crippen LogP contribution in [0.5, 0.6) is 0 Å². The van der Waals surface area contributed by atoms with Gasteiger partial charge in [-0.2, -0.15) is 13.2 Å². The molecule has 3 aromatic heterocycles. The van der Waals surface area contributed by atoms with Gasteiger partial charge < -0.3 is 10.6 Å². The van der Waals surface area contributed by atoms with Gasteiger partial charge in [-0.25, -0.2) is 15.0 Å². The predicted octanol–water partition coefficient (Wildman–Crippen LogP) is 7.05. The van der Waals surface area contributed by atoms with Crippen LogP contribution in [-0.4, -0.2) is 32.5 Å². The number of allylic oxidation sites excluding steroid dienone is 2. The molecule has 0 radical (unpaired) electrons. The maximum atomic E-state index is 13.1. The molecule has 0 aliphatic heterocycles. The lowest BCUT2D eigenvalue weighted by Gasteiger charge is -2.12. The quantitative estimate of drug-likeness (QED) is 0.153. The summed E-state index contributed by atoms with van der Waals surface area (Å²) in [6.45, 7) is 5.28. The Hall–Kier alpha value is -3.61. The highest BCUT2D eigenvalue weighted by Gasteiger charge is 2.34. The number of alkyl halides is 3. The number of amides is 2. The maximum absolute atomic E-state index is 13.1. The molecule has 0 saturated carbocycles. The molecule has 8 nitrogen and oxygen atoms in total. The molecular weight excluding hydrogens is 588 g/mol. The summed E-state index contributed by atoms with van der Waals surface area (Å²) in [6, 6.07) is 3.43. The fraction of sp³-hybridized carbons (Fsp3) is 0.231. The van der Waals surface area contributed by atoms with Crippen molar-refractivity contribution in [2.75, 3.05) is 5.32 Å². The molecule has 210 valence electrons. The minimum absolute atomic E-state index is 0.112. The summed E-state index contributed by atoms with van der Waals surface area (Å²) in [5.74, 6) is -1.42. The summed E-state index contributed by atoms with van der Waals surface area (Å²) in [6.07, 6.45) is 4.82. The molecular formula is C26H23Cl2F3N6O2S. The van der Waals surface area contributed by atoms with Crippen molar-refractivity contribution in [2.24, 2.45) is 4.99 Å². The van der Waals surface area contributed by atoms with Gasteiger partial charge in [0.05, 0.1) is 28.5 Å². The van der Waals surface area contributed by atoms with Crippen molar-refractivity contribution in [3.63, 3.8) is 0 Å². The summed E-state index contributed by atoms with van der Waals surface area (Å²) in [5, 5.41) is 5.26. The lowest BCUT2D eigenvalue weighted by Crippen LogP contribution is -2.27. The number of aromatic nitrogens is 3. The Morgan fingerprint density at radius 1 is 1.15 bits per heavy atom. The molecule has 0 fully saturated rings. The van der Waals surface area contributed by atoms with Crippen molar-refractivity contribution in [3.8, 4) is 0 Å². The number of anilines is 1. The standard InChI is InChI=1S/C26H23Cl2F3N6O2S/c1-4-5-8-32-19(16-6-7-21(28)33-11-16)9-14(2)23(38)36-15(3)25-35-13-20(40-25)24(39)37-22-10-17(26(29,30)31)18(27)12-34-22/h5-13,15H,4H2,1-3H3,(H,36,38)(H,34,37,39)/b8-5+,14-9+,32-19-. The number of nitrogens with zero attached hydrogens (tertiary/aromatic N) is 4. The van der Waals surface area contributed by atoms with Gasteiger partial charge in [0, 0.05) is 29.7 Å². The Morgan fingerprint density at radius 2 is 1.90 bits per heavy atom. The van der Waals surface area contributed by atoms with E-state index in [4.69, 9.17) is 23.2 Å². The van der Waals surface area contributed by atoms with Crippen molar-refractivity contribution in [1.29, 1.82) is 0 Å². The van der Waals surface area contributed by atoms with Gasteiger partial charge in [0.2, 0.25) is 5.91 Å². The minimum atomic E-state index is -4.71. The average molecular weight is 611 g/mol. The molecule has 0 aromatic carbocycles. The highest BCUT2D eigenvalue weighted by molar-refractivity contribution is 7.13. The SMILES string of the molecule is CC/C=C/N=C(/C=C(\C)C(=O)NC(C)c1ncc(C(=O)Nc2cc(C(F)(F)F)c(Cl)cn2)s1)c1ccc(Cl)nc1. The minimum Gasteiger partial charge on any atom is -0.343 e. The molecule has 40 heavy (non-hydrogen) atoms. The first kappa shape index (κ1) is 30.9. The molecule has 1 unspecified atom stereocenters. The molecule has 0 aliphatic rings. The van der Waals surface area contributed by atoms with Crippen molar-refractivity contribution in [2.45, 2.75) is 39.4 Å². The molecule has 3 aromatic rings. The second kappa shape index (κ2) is 13.6. The van der Waals surface area contributed by atoms with Crippen LogP contribution in [0.15, 0.2) is 65.7 Å².